The molecule has 0 radical (unpaired) electrons. The summed E-state index contributed by atoms with van der Waals surface area (Å²) in [4.78, 5) is 24.9. The van der Waals surface area contributed by atoms with E-state index in [9.17, 15) is 4.79 Å². The van der Waals surface area contributed by atoms with Crippen LogP contribution in [-0.4, -0.2) is 66.0 Å². The van der Waals surface area contributed by atoms with Gasteiger partial charge in [0.2, 0.25) is 5.91 Å². The number of rotatable bonds is 3. The van der Waals surface area contributed by atoms with Crippen molar-refractivity contribution < 1.29 is 4.79 Å². The van der Waals surface area contributed by atoms with E-state index in [4.69, 9.17) is 0 Å². The Labute approximate surface area is 130 Å². The number of likely N-dealkylation sites (tertiary alicyclic amines) is 1. The van der Waals surface area contributed by atoms with E-state index >= 15 is 0 Å². The van der Waals surface area contributed by atoms with Crippen LogP contribution in [0.4, 0.5) is 5.13 Å². The van der Waals surface area contributed by atoms with Gasteiger partial charge in [-0.1, -0.05) is 0 Å². The summed E-state index contributed by atoms with van der Waals surface area (Å²) >= 11 is 1.75. The molecular weight excluding hydrogens is 284 g/mol. The van der Waals surface area contributed by atoms with Gasteiger partial charge in [0.1, 0.15) is 0 Å². The van der Waals surface area contributed by atoms with Crippen molar-refractivity contribution in [3.05, 3.63) is 11.1 Å². The zero-order valence-corrected chi connectivity index (χ0v) is 13.7. The summed E-state index contributed by atoms with van der Waals surface area (Å²) in [6, 6.07) is 0.0169. The Balaban J connectivity index is 1.54. The Kier molecular flexibility index (Phi) is 4.45. The molecule has 3 rings (SSSR count). The topological polar surface area (TPSA) is 39.7 Å². The van der Waals surface area contributed by atoms with Crippen LogP contribution >= 0.6 is 11.3 Å². The zero-order chi connectivity index (χ0) is 14.8. The first kappa shape index (κ1) is 14.8. The number of piperazine rings is 1. The summed E-state index contributed by atoms with van der Waals surface area (Å²) in [5.41, 5.74) is 0. The van der Waals surface area contributed by atoms with Crippen molar-refractivity contribution in [3.63, 3.8) is 0 Å². The third kappa shape index (κ3) is 3.21. The van der Waals surface area contributed by atoms with E-state index in [1.54, 1.807) is 11.3 Å². The third-order valence-electron chi connectivity index (χ3n) is 4.52. The third-order valence-corrected chi connectivity index (χ3v) is 5.49. The van der Waals surface area contributed by atoms with Gasteiger partial charge in [-0.15, -0.1) is 11.3 Å². The number of carbonyl (C=O) groups is 1. The Bertz CT molecular complexity index is 490. The summed E-state index contributed by atoms with van der Waals surface area (Å²) in [6.45, 7) is 9.86. The molecule has 0 bridgehead atoms. The fourth-order valence-corrected chi connectivity index (χ4v) is 3.96. The average molecular weight is 308 g/mol. The highest BCUT2D eigenvalue weighted by Gasteiger charge is 2.30. The monoisotopic (exact) mass is 308 g/mol. The second-order valence-electron chi connectivity index (χ2n) is 5.98. The quantitative estimate of drug-likeness (QED) is 0.850. The van der Waals surface area contributed by atoms with Crippen molar-refractivity contribution in [1.82, 2.24) is 14.8 Å². The minimum absolute atomic E-state index is 0.0169. The fourth-order valence-electron chi connectivity index (χ4n) is 3.15. The predicted octanol–water partition coefficient (Wildman–Crippen LogP) is 1.58. The molecule has 1 atom stereocenters. The van der Waals surface area contributed by atoms with Crippen LogP contribution in [-0.2, 0) is 4.79 Å². The summed E-state index contributed by atoms with van der Waals surface area (Å²) in [7, 11) is 0. The van der Waals surface area contributed by atoms with Gasteiger partial charge in [-0.2, -0.15) is 0 Å². The molecule has 0 N–H and O–H groups in total. The summed E-state index contributed by atoms with van der Waals surface area (Å²) in [5.74, 6) is 0.311. The lowest BCUT2D eigenvalue weighted by atomic mass is 10.2. The molecule has 116 valence electrons. The van der Waals surface area contributed by atoms with Crippen LogP contribution < -0.4 is 4.90 Å². The van der Waals surface area contributed by atoms with Gasteiger partial charge >= 0.3 is 0 Å². The van der Waals surface area contributed by atoms with Crippen LogP contribution in [0, 0.1) is 6.92 Å². The number of hydrogen-bond donors (Lipinski definition) is 0. The predicted molar refractivity (Wildman–Crippen MR) is 85.9 cm³/mol. The molecule has 2 fully saturated rings. The van der Waals surface area contributed by atoms with Crippen LogP contribution in [0.2, 0.25) is 0 Å². The number of carbonyl (C=O) groups excluding carboxylic acids is 1. The average Bonchev–Trinajstić information content (AvgIpc) is 3.17. The van der Waals surface area contributed by atoms with Crippen molar-refractivity contribution in [1.29, 1.82) is 0 Å². The SMILES string of the molecule is Cc1cnc(N2CCN(C(C)C(=O)N3CCCC3)CC2)s1. The summed E-state index contributed by atoms with van der Waals surface area (Å²) in [5, 5.41) is 1.12. The van der Waals surface area contributed by atoms with Crippen LogP contribution in [0.25, 0.3) is 0 Å². The maximum Gasteiger partial charge on any atom is 0.239 e. The maximum atomic E-state index is 12.5. The normalized spacial score (nSPS) is 21.8. The molecule has 2 aliphatic rings. The van der Waals surface area contributed by atoms with Gasteiger partial charge in [-0.3, -0.25) is 9.69 Å². The first-order valence-electron chi connectivity index (χ1n) is 7.85. The molecule has 1 amide bonds. The van der Waals surface area contributed by atoms with Gasteiger partial charge in [0.25, 0.3) is 0 Å². The second kappa shape index (κ2) is 6.32. The van der Waals surface area contributed by atoms with Gasteiger partial charge in [-0.05, 0) is 26.7 Å². The molecule has 6 heteroatoms. The van der Waals surface area contributed by atoms with Crippen LogP contribution in [0.15, 0.2) is 6.20 Å². The highest BCUT2D eigenvalue weighted by Crippen LogP contribution is 2.23. The van der Waals surface area contributed by atoms with Crippen molar-refractivity contribution in [2.45, 2.75) is 32.7 Å². The highest BCUT2D eigenvalue weighted by atomic mass is 32.1. The number of amides is 1. The van der Waals surface area contributed by atoms with Crippen LogP contribution in [0.3, 0.4) is 0 Å². The number of aryl methyl sites for hydroxylation is 1. The number of aromatic nitrogens is 1. The lowest BCUT2D eigenvalue weighted by molar-refractivity contribution is -0.135. The minimum atomic E-state index is 0.0169. The van der Waals surface area contributed by atoms with E-state index in [1.807, 2.05) is 11.1 Å². The summed E-state index contributed by atoms with van der Waals surface area (Å²) in [6.07, 6.45) is 4.26. The largest absolute Gasteiger partial charge is 0.346 e. The zero-order valence-electron chi connectivity index (χ0n) is 12.9. The van der Waals surface area contributed by atoms with Gasteiger partial charge in [0, 0.05) is 50.3 Å². The highest BCUT2D eigenvalue weighted by molar-refractivity contribution is 7.15. The van der Waals surface area contributed by atoms with Crippen molar-refractivity contribution in [3.8, 4) is 0 Å². The van der Waals surface area contributed by atoms with Gasteiger partial charge in [-0.25, -0.2) is 4.98 Å². The van der Waals surface area contributed by atoms with Crippen LogP contribution in [0.5, 0.6) is 0 Å². The molecule has 1 unspecified atom stereocenters. The van der Waals surface area contributed by atoms with Crippen molar-refractivity contribution in [2.24, 2.45) is 0 Å². The van der Waals surface area contributed by atoms with E-state index in [2.05, 4.69) is 28.6 Å². The second-order valence-corrected chi connectivity index (χ2v) is 7.20. The van der Waals surface area contributed by atoms with Crippen LogP contribution in [0.1, 0.15) is 24.6 Å². The molecule has 21 heavy (non-hydrogen) atoms. The molecule has 0 aromatic carbocycles. The Morgan fingerprint density at radius 3 is 2.43 bits per heavy atom. The van der Waals surface area contributed by atoms with Gasteiger partial charge < -0.3 is 9.80 Å². The first-order chi connectivity index (χ1) is 10.1. The van der Waals surface area contributed by atoms with E-state index in [0.29, 0.717) is 5.91 Å². The Morgan fingerprint density at radius 1 is 1.19 bits per heavy atom. The number of thiazole rings is 1. The number of nitrogens with zero attached hydrogens (tertiary/aromatic N) is 4. The van der Waals surface area contributed by atoms with Crippen molar-refractivity contribution in [2.75, 3.05) is 44.2 Å². The fraction of sp³-hybridized carbons (Fsp3) is 0.733. The molecule has 0 aliphatic carbocycles. The van der Waals surface area contributed by atoms with Crippen molar-refractivity contribution >= 4 is 22.4 Å². The smallest absolute Gasteiger partial charge is 0.239 e. The van der Waals surface area contributed by atoms with E-state index in [1.165, 1.54) is 4.88 Å². The molecule has 3 heterocycles. The van der Waals surface area contributed by atoms with E-state index in [0.717, 1.165) is 57.2 Å². The lowest BCUT2D eigenvalue weighted by Gasteiger charge is -2.38. The minimum Gasteiger partial charge on any atom is -0.346 e. The number of hydrogen-bond acceptors (Lipinski definition) is 5. The molecular formula is C15H24N4OS. The molecule has 5 nitrogen and oxygen atoms in total. The molecule has 1 aromatic heterocycles. The van der Waals surface area contributed by atoms with Gasteiger partial charge in [0.05, 0.1) is 6.04 Å². The first-order valence-corrected chi connectivity index (χ1v) is 8.67. The Morgan fingerprint density at radius 2 is 1.86 bits per heavy atom. The van der Waals surface area contributed by atoms with E-state index in [-0.39, 0.29) is 6.04 Å². The molecule has 1 aromatic rings. The molecule has 2 saturated heterocycles. The number of anilines is 1. The Hall–Kier alpha value is -1.14. The maximum absolute atomic E-state index is 12.5. The molecule has 0 saturated carbocycles. The lowest BCUT2D eigenvalue weighted by Crippen LogP contribution is -2.54. The summed E-state index contributed by atoms with van der Waals surface area (Å²) < 4.78 is 0. The van der Waals surface area contributed by atoms with Gasteiger partial charge in [0.15, 0.2) is 5.13 Å². The van der Waals surface area contributed by atoms with E-state index < -0.39 is 0 Å². The molecule has 0 spiro atoms. The standard InChI is InChI=1S/C15H24N4OS/c1-12-11-16-15(21-12)19-9-7-17(8-10-19)13(2)14(20)18-5-3-4-6-18/h11,13H,3-10H2,1-2H3. The molecule has 2 aliphatic heterocycles.